The Hall–Kier alpha value is -2.49. The van der Waals surface area contributed by atoms with Gasteiger partial charge in [-0.3, -0.25) is 20.3 Å². The van der Waals surface area contributed by atoms with Gasteiger partial charge in [-0.25, -0.2) is 10.8 Å². The zero-order valence-corrected chi connectivity index (χ0v) is 10.9. The SMILES string of the molecule is CC(=O)NC1CCN(c2nc(NN)ncc2[N+](=O)[O-])C1. The fourth-order valence-corrected chi connectivity index (χ4v) is 2.16. The number of carbonyl (C=O) groups excluding carboxylic acids is 1. The Morgan fingerprint density at radius 1 is 1.65 bits per heavy atom. The highest BCUT2D eigenvalue weighted by Gasteiger charge is 2.30. The van der Waals surface area contributed by atoms with E-state index in [-0.39, 0.29) is 29.4 Å². The van der Waals surface area contributed by atoms with Crippen LogP contribution in [0.5, 0.6) is 0 Å². The number of nitrogen functional groups attached to an aromatic ring is 1. The lowest BCUT2D eigenvalue weighted by molar-refractivity contribution is -0.384. The Labute approximate surface area is 114 Å². The minimum atomic E-state index is -0.540. The number of carbonyl (C=O) groups is 1. The molecule has 1 amide bonds. The summed E-state index contributed by atoms with van der Waals surface area (Å²) in [4.78, 5) is 31.0. The largest absolute Gasteiger partial charge is 0.352 e. The first-order valence-corrected chi connectivity index (χ1v) is 6.01. The molecule has 0 spiro atoms. The molecule has 2 rings (SSSR count). The average molecular weight is 281 g/mol. The second-order valence-corrected chi connectivity index (χ2v) is 4.44. The van der Waals surface area contributed by atoms with Crippen molar-refractivity contribution in [2.75, 3.05) is 23.4 Å². The van der Waals surface area contributed by atoms with Gasteiger partial charge in [0, 0.05) is 26.1 Å². The van der Waals surface area contributed by atoms with Crippen LogP contribution in [-0.2, 0) is 4.79 Å². The number of amides is 1. The molecule has 1 unspecified atom stereocenters. The Morgan fingerprint density at radius 3 is 3.00 bits per heavy atom. The molecule has 0 aliphatic carbocycles. The van der Waals surface area contributed by atoms with Gasteiger partial charge in [0.2, 0.25) is 17.7 Å². The Balaban J connectivity index is 2.23. The molecule has 1 aromatic heterocycles. The molecule has 1 saturated heterocycles. The van der Waals surface area contributed by atoms with E-state index in [2.05, 4.69) is 20.7 Å². The summed E-state index contributed by atoms with van der Waals surface area (Å²) in [5.74, 6) is 5.39. The lowest BCUT2D eigenvalue weighted by Gasteiger charge is -2.17. The number of nitrogens with zero attached hydrogens (tertiary/aromatic N) is 4. The fraction of sp³-hybridized carbons (Fsp3) is 0.500. The van der Waals surface area contributed by atoms with Crippen molar-refractivity contribution in [2.24, 2.45) is 5.84 Å². The number of hydrogen-bond acceptors (Lipinski definition) is 8. The standard InChI is InChI=1S/C10H15N7O3/c1-6(18)13-7-2-3-16(5-7)9-8(17(19)20)4-12-10(14-9)15-11/h4,7H,2-3,5,11H2,1H3,(H,13,18)(H,12,14,15). The summed E-state index contributed by atoms with van der Waals surface area (Å²) >= 11 is 0. The van der Waals surface area contributed by atoms with E-state index >= 15 is 0 Å². The zero-order valence-electron chi connectivity index (χ0n) is 10.9. The van der Waals surface area contributed by atoms with Crippen molar-refractivity contribution in [1.29, 1.82) is 0 Å². The summed E-state index contributed by atoms with van der Waals surface area (Å²) in [6, 6.07) is -0.0450. The zero-order chi connectivity index (χ0) is 14.7. The van der Waals surface area contributed by atoms with Gasteiger partial charge in [-0.05, 0) is 6.42 Å². The lowest BCUT2D eigenvalue weighted by Crippen LogP contribution is -2.35. The maximum atomic E-state index is 11.0. The predicted octanol–water partition coefficient (Wildman–Crippen LogP) is -0.615. The van der Waals surface area contributed by atoms with Gasteiger partial charge in [-0.2, -0.15) is 4.98 Å². The molecule has 108 valence electrons. The highest BCUT2D eigenvalue weighted by molar-refractivity contribution is 5.73. The third kappa shape index (κ3) is 2.91. The monoisotopic (exact) mass is 281 g/mol. The van der Waals surface area contributed by atoms with Crippen molar-refractivity contribution >= 4 is 23.4 Å². The average Bonchev–Trinajstić information content (AvgIpc) is 2.85. The van der Waals surface area contributed by atoms with E-state index in [1.165, 1.54) is 6.92 Å². The molecule has 0 aromatic carbocycles. The van der Waals surface area contributed by atoms with Crippen LogP contribution in [0.3, 0.4) is 0 Å². The number of anilines is 2. The van der Waals surface area contributed by atoms with Crippen molar-refractivity contribution < 1.29 is 9.72 Å². The van der Waals surface area contributed by atoms with E-state index < -0.39 is 4.92 Å². The molecule has 1 aliphatic rings. The number of nitrogens with two attached hydrogens (primary N) is 1. The van der Waals surface area contributed by atoms with Crippen LogP contribution in [0, 0.1) is 10.1 Å². The summed E-state index contributed by atoms with van der Waals surface area (Å²) in [6.45, 7) is 2.46. The van der Waals surface area contributed by atoms with E-state index in [0.717, 1.165) is 6.20 Å². The van der Waals surface area contributed by atoms with Gasteiger partial charge in [0.25, 0.3) is 0 Å². The molecule has 1 aromatic rings. The maximum Gasteiger partial charge on any atom is 0.329 e. The molecule has 10 heteroatoms. The Kier molecular flexibility index (Phi) is 3.94. The highest BCUT2D eigenvalue weighted by atomic mass is 16.6. The van der Waals surface area contributed by atoms with E-state index in [9.17, 15) is 14.9 Å². The molecular weight excluding hydrogens is 266 g/mol. The second kappa shape index (κ2) is 5.65. The summed E-state index contributed by atoms with van der Waals surface area (Å²) < 4.78 is 0. The van der Waals surface area contributed by atoms with Gasteiger partial charge in [-0.1, -0.05) is 0 Å². The van der Waals surface area contributed by atoms with Crippen LogP contribution < -0.4 is 21.5 Å². The van der Waals surface area contributed by atoms with Crippen molar-refractivity contribution in [3.8, 4) is 0 Å². The molecule has 1 fully saturated rings. The summed E-state index contributed by atoms with van der Waals surface area (Å²) in [5.41, 5.74) is 2.07. The topological polar surface area (TPSA) is 139 Å². The number of aromatic nitrogens is 2. The third-order valence-corrected chi connectivity index (χ3v) is 2.97. The first-order valence-electron chi connectivity index (χ1n) is 6.01. The molecule has 0 bridgehead atoms. The first-order chi connectivity index (χ1) is 9.51. The van der Waals surface area contributed by atoms with Crippen molar-refractivity contribution in [2.45, 2.75) is 19.4 Å². The maximum absolute atomic E-state index is 11.0. The third-order valence-electron chi connectivity index (χ3n) is 2.97. The summed E-state index contributed by atoms with van der Waals surface area (Å²) in [6.07, 6.45) is 1.81. The minimum Gasteiger partial charge on any atom is -0.352 e. The van der Waals surface area contributed by atoms with Crippen molar-refractivity contribution in [3.63, 3.8) is 0 Å². The van der Waals surface area contributed by atoms with Crippen LogP contribution in [0.1, 0.15) is 13.3 Å². The van der Waals surface area contributed by atoms with Gasteiger partial charge in [0.05, 0.1) is 4.92 Å². The number of rotatable bonds is 4. The Morgan fingerprint density at radius 2 is 2.40 bits per heavy atom. The van der Waals surface area contributed by atoms with E-state index in [1.807, 2.05) is 0 Å². The fourth-order valence-electron chi connectivity index (χ4n) is 2.16. The van der Waals surface area contributed by atoms with E-state index in [1.54, 1.807) is 4.90 Å². The molecule has 0 radical (unpaired) electrons. The van der Waals surface area contributed by atoms with Crippen LogP contribution in [0.15, 0.2) is 6.20 Å². The Bertz CT molecular complexity index is 536. The molecule has 1 aliphatic heterocycles. The normalized spacial score (nSPS) is 17.9. The highest BCUT2D eigenvalue weighted by Crippen LogP contribution is 2.28. The van der Waals surface area contributed by atoms with Crippen molar-refractivity contribution in [3.05, 3.63) is 16.3 Å². The predicted molar refractivity (Wildman–Crippen MR) is 70.9 cm³/mol. The van der Waals surface area contributed by atoms with Gasteiger partial charge in [0.1, 0.15) is 6.20 Å². The number of hydrazine groups is 1. The van der Waals surface area contributed by atoms with Gasteiger partial charge in [0.15, 0.2) is 0 Å². The molecule has 0 saturated carbocycles. The number of hydrogen-bond donors (Lipinski definition) is 3. The van der Waals surface area contributed by atoms with Gasteiger partial charge >= 0.3 is 5.69 Å². The molecule has 4 N–H and O–H groups in total. The van der Waals surface area contributed by atoms with Crippen molar-refractivity contribution in [1.82, 2.24) is 15.3 Å². The van der Waals surface area contributed by atoms with E-state index in [4.69, 9.17) is 5.84 Å². The van der Waals surface area contributed by atoms with Crippen LogP contribution in [-0.4, -0.2) is 39.9 Å². The summed E-state index contributed by atoms with van der Waals surface area (Å²) in [7, 11) is 0. The smallest absolute Gasteiger partial charge is 0.329 e. The second-order valence-electron chi connectivity index (χ2n) is 4.44. The van der Waals surface area contributed by atoms with Crippen LogP contribution >= 0.6 is 0 Å². The van der Waals surface area contributed by atoms with Gasteiger partial charge in [-0.15, -0.1) is 0 Å². The van der Waals surface area contributed by atoms with Gasteiger partial charge < -0.3 is 10.2 Å². The number of nitrogens with one attached hydrogen (secondary N) is 2. The van der Waals surface area contributed by atoms with Crippen LogP contribution in [0.4, 0.5) is 17.5 Å². The summed E-state index contributed by atoms with van der Waals surface area (Å²) in [5, 5.41) is 13.8. The quantitative estimate of drug-likeness (QED) is 0.377. The molecule has 2 heterocycles. The van der Waals surface area contributed by atoms with Crippen LogP contribution in [0.2, 0.25) is 0 Å². The molecule has 20 heavy (non-hydrogen) atoms. The lowest BCUT2D eigenvalue weighted by atomic mass is 10.2. The minimum absolute atomic E-state index is 0.0450. The van der Waals surface area contributed by atoms with Crippen LogP contribution in [0.25, 0.3) is 0 Å². The molecular formula is C10H15N7O3. The molecule has 10 nitrogen and oxygen atoms in total. The molecule has 1 atom stereocenters. The first kappa shape index (κ1) is 13.9. The van der Waals surface area contributed by atoms with E-state index in [0.29, 0.717) is 19.5 Å². The number of nitro groups is 1.